The third-order valence-electron chi connectivity index (χ3n) is 3.92. The molecule has 1 N–H and O–H groups in total. The van der Waals surface area contributed by atoms with E-state index in [0.29, 0.717) is 6.54 Å². The van der Waals surface area contributed by atoms with Gasteiger partial charge in [0.05, 0.1) is 18.1 Å². The molecule has 1 saturated heterocycles. The highest BCUT2D eigenvalue weighted by Gasteiger charge is 2.32. The van der Waals surface area contributed by atoms with Crippen molar-refractivity contribution in [1.82, 2.24) is 24.9 Å². The van der Waals surface area contributed by atoms with Gasteiger partial charge in [0.25, 0.3) is 0 Å². The van der Waals surface area contributed by atoms with Crippen molar-refractivity contribution in [3.8, 4) is 0 Å². The highest BCUT2D eigenvalue weighted by Crippen LogP contribution is 2.32. The van der Waals surface area contributed by atoms with E-state index in [4.69, 9.17) is 4.52 Å². The molecule has 2 amide bonds. The average Bonchev–Trinajstić information content (AvgIpc) is 3.23. The molecule has 1 fully saturated rings. The number of hydrogen-bond donors (Lipinski definition) is 1. The fraction of sp³-hybridized carbons (Fsp3) is 0.533. The van der Waals surface area contributed by atoms with Crippen LogP contribution < -0.4 is 5.32 Å². The van der Waals surface area contributed by atoms with Gasteiger partial charge in [-0.1, -0.05) is 5.16 Å². The van der Waals surface area contributed by atoms with Crippen LogP contribution in [0.3, 0.4) is 0 Å². The van der Waals surface area contributed by atoms with Crippen LogP contribution in [0.4, 0.5) is 4.79 Å². The molecule has 7 heteroatoms. The van der Waals surface area contributed by atoms with Gasteiger partial charge in [0, 0.05) is 38.1 Å². The van der Waals surface area contributed by atoms with Gasteiger partial charge in [-0.25, -0.2) is 9.78 Å². The number of carbonyl (C=O) groups excluding carboxylic acids is 1. The molecule has 1 aliphatic heterocycles. The molecule has 3 rings (SSSR count). The predicted octanol–water partition coefficient (Wildman–Crippen LogP) is 2.12. The molecule has 0 radical (unpaired) electrons. The number of nitrogens with zero attached hydrogens (tertiary/aromatic N) is 4. The Labute approximate surface area is 129 Å². The zero-order chi connectivity index (χ0) is 15.4. The topological polar surface area (TPSA) is 76.2 Å². The molecule has 0 bridgehead atoms. The Morgan fingerprint density at radius 2 is 2.45 bits per heavy atom. The standard InChI is InChI=1S/C15H21N5O2/c1-12-10-14(22-18-12)13-4-2-8-20(13)15(21)17-5-3-7-19-9-6-16-11-19/h6,9-11,13H,2-5,7-8H2,1H3,(H,17,21)/t13-/m0/s1. The first-order valence-corrected chi connectivity index (χ1v) is 7.67. The monoisotopic (exact) mass is 303 g/mol. The summed E-state index contributed by atoms with van der Waals surface area (Å²) in [5.41, 5.74) is 0.850. The van der Waals surface area contributed by atoms with E-state index in [1.54, 1.807) is 12.5 Å². The Bertz CT molecular complexity index is 607. The molecule has 22 heavy (non-hydrogen) atoms. The molecule has 1 atom stereocenters. The number of nitrogens with one attached hydrogen (secondary N) is 1. The quantitative estimate of drug-likeness (QED) is 0.858. The number of likely N-dealkylation sites (tertiary alicyclic amines) is 1. The lowest BCUT2D eigenvalue weighted by Gasteiger charge is -2.23. The summed E-state index contributed by atoms with van der Waals surface area (Å²) in [6.07, 6.45) is 8.26. The fourth-order valence-electron chi connectivity index (χ4n) is 2.82. The van der Waals surface area contributed by atoms with E-state index in [9.17, 15) is 4.79 Å². The van der Waals surface area contributed by atoms with E-state index in [0.717, 1.165) is 43.8 Å². The van der Waals surface area contributed by atoms with Crippen molar-refractivity contribution < 1.29 is 9.32 Å². The fourth-order valence-corrected chi connectivity index (χ4v) is 2.82. The molecule has 2 aromatic heterocycles. The molecule has 118 valence electrons. The van der Waals surface area contributed by atoms with Crippen LogP contribution in [0.15, 0.2) is 29.3 Å². The summed E-state index contributed by atoms with van der Waals surface area (Å²) in [4.78, 5) is 18.2. The van der Waals surface area contributed by atoms with Crippen LogP contribution in [0.25, 0.3) is 0 Å². The summed E-state index contributed by atoms with van der Waals surface area (Å²) >= 11 is 0. The minimum absolute atomic E-state index is 0.00912. The molecule has 0 aromatic carbocycles. The van der Waals surface area contributed by atoms with Gasteiger partial charge in [0.1, 0.15) is 0 Å². The summed E-state index contributed by atoms with van der Waals surface area (Å²) in [6.45, 7) is 4.15. The highest BCUT2D eigenvalue weighted by molar-refractivity contribution is 5.74. The maximum absolute atomic E-state index is 12.3. The number of amides is 2. The number of aryl methyl sites for hydroxylation is 2. The summed E-state index contributed by atoms with van der Waals surface area (Å²) < 4.78 is 7.32. The number of hydrogen-bond acceptors (Lipinski definition) is 4. The number of imidazole rings is 1. The number of urea groups is 1. The molecular weight excluding hydrogens is 282 g/mol. The van der Waals surface area contributed by atoms with Crippen LogP contribution in [0, 0.1) is 6.92 Å². The molecule has 0 spiro atoms. The van der Waals surface area contributed by atoms with Gasteiger partial charge >= 0.3 is 6.03 Å². The second-order valence-electron chi connectivity index (χ2n) is 5.61. The first-order chi connectivity index (χ1) is 10.7. The SMILES string of the molecule is Cc1cc([C@@H]2CCCN2C(=O)NCCCn2ccnc2)on1. The molecule has 0 unspecified atom stereocenters. The Balaban J connectivity index is 1.48. The molecule has 0 aliphatic carbocycles. The summed E-state index contributed by atoms with van der Waals surface area (Å²) in [6, 6.07) is 1.90. The summed E-state index contributed by atoms with van der Waals surface area (Å²) in [5.74, 6) is 0.781. The van der Waals surface area contributed by atoms with Gasteiger partial charge in [-0.3, -0.25) is 0 Å². The van der Waals surface area contributed by atoms with Gasteiger partial charge in [0.2, 0.25) is 0 Å². The molecule has 0 saturated carbocycles. The smallest absolute Gasteiger partial charge is 0.318 e. The lowest BCUT2D eigenvalue weighted by molar-refractivity contribution is 0.182. The predicted molar refractivity (Wildman–Crippen MR) is 80.2 cm³/mol. The normalized spacial score (nSPS) is 17.9. The minimum atomic E-state index is -0.0258. The van der Waals surface area contributed by atoms with Crippen LogP contribution in [0.2, 0.25) is 0 Å². The first kappa shape index (κ1) is 14.6. The van der Waals surface area contributed by atoms with E-state index < -0.39 is 0 Å². The van der Waals surface area contributed by atoms with E-state index in [-0.39, 0.29) is 12.1 Å². The van der Waals surface area contributed by atoms with Gasteiger partial charge in [-0.15, -0.1) is 0 Å². The van der Waals surface area contributed by atoms with Crippen molar-refractivity contribution >= 4 is 6.03 Å². The van der Waals surface area contributed by atoms with E-state index in [2.05, 4.69) is 15.5 Å². The maximum atomic E-state index is 12.3. The van der Waals surface area contributed by atoms with Crippen LogP contribution >= 0.6 is 0 Å². The maximum Gasteiger partial charge on any atom is 0.318 e. The average molecular weight is 303 g/mol. The third-order valence-corrected chi connectivity index (χ3v) is 3.92. The van der Waals surface area contributed by atoms with Crippen molar-refractivity contribution in [3.05, 3.63) is 36.2 Å². The van der Waals surface area contributed by atoms with Gasteiger partial charge < -0.3 is 19.3 Å². The largest absolute Gasteiger partial charge is 0.359 e. The Kier molecular flexibility index (Phi) is 4.41. The molecule has 7 nitrogen and oxygen atoms in total. The van der Waals surface area contributed by atoms with Crippen LogP contribution in [-0.4, -0.2) is 38.7 Å². The van der Waals surface area contributed by atoms with Gasteiger partial charge in [-0.2, -0.15) is 0 Å². The second-order valence-corrected chi connectivity index (χ2v) is 5.61. The van der Waals surface area contributed by atoms with Crippen molar-refractivity contribution in [1.29, 1.82) is 0 Å². The Hall–Kier alpha value is -2.31. The minimum Gasteiger partial charge on any atom is -0.359 e. The highest BCUT2D eigenvalue weighted by atomic mass is 16.5. The van der Waals surface area contributed by atoms with E-state index >= 15 is 0 Å². The van der Waals surface area contributed by atoms with Crippen molar-refractivity contribution in [2.75, 3.05) is 13.1 Å². The number of aromatic nitrogens is 3. The van der Waals surface area contributed by atoms with Crippen molar-refractivity contribution in [2.24, 2.45) is 0 Å². The lowest BCUT2D eigenvalue weighted by Crippen LogP contribution is -2.40. The molecular formula is C15H21N5O2. The van der Waals surface area contributed by atoms with E-state index in [1.807, 2.05) is 28.7 Å². The Morgan fingerprint density at radius 3 is 3.18 bits per heavy atom. The van der Waals surface area contributed by atoms with Gasteiger partial charge in [0.15, 0.2) is 5.76 Å². The van der Waals surface area contributed by atoms with Crippen molar-refractivity contribution in [3.63, 3.8) is 0 Å². The number of carbonyl (C=O) groups is 1. The summed E-state index contributed by atoms with van der Waals surface area (Å²) in [5, 5.41) is 6.90. The number of rotatable bonds is 5. The second kappa shape index (κ2) is 6.64. The molecule has 3 heterocycles. The third kappa shape index (κ3) is 3.29. The van der Waals surface area contributed by atoms with Gasteiger partial charge in [-0.05, 0) is 26.2 Å². The van der Waals surface area contributed by atoms with E-state index in [1.165, 1.54) is 0 Å². The van der Waals surface area contributed by atoms with Crippen LogP contribution in [0.5, 0.6) is 0 Å². The van der Waals surface area contributed by atoms with Crippen molar-refractivity contribution in [2.45, 2.75) is 38.8 Å². The zero-order valence-corrected chi connectivity index (χ0v) is 12.7. The van der Waals surface area contributed by atoms with Crippen LogP contribution in [-0.2, 0) is 6.54 Å². The first-order valence-electron chi connectivity index (χ1n) is 7.67. The molecule has 2 aromatic rings. The van der Waals surface area contributed by atoms with Crippen LogP contribution in [0.1, 0.15) is 36.8 Å². The lowest BCUT2D eigenvalue weighted by atomic mass is 10.1. The Morgan fingerprint density at radius 1 is 1.55 bits per heavy atom. The zero-order valence-electron chi connectivity index (χ0n) is 12.7. The summed E-state index contributed by atoms with van der Waals surface area (Å²) in [7, 11) is 0. The molecule has 1 aliphatic rings.